The van der Waals surface area contributed by atoms with Gasteiger partial charge in [-0.15, -0.1) is 0 Å². The first-order chi connectivity index (χ1) is 18.8. The van der Waals surface area contributed by atoms with Gasteiger partial charge in [0.05, 0.1) is 0 Å². The standard InChI is InChI=1S/C29H35N3O7/c1-32(28(36)25-19-22-13-7-8-15-24(22)39-25)23(27(35)30-17-9-3-6-16-26(33)34)14-10-18-31-29(37)38-20-21-11-4-2-5-12-21/h2,4-5,7-8,11-13,15,19,23H,3,6,9-10,14,16-18,20H2,1H3,(H,30,35)(H,31,37)(H,33,34)/t23-/m0/s1. The summed E-state index contributed by atoms with van der Waals surface area (Å²) in [4.78, 5) is 50.4. The number of benzene rings is 2. The topological polar surface area (TPSA) is 138 Å². The third-order valence-electron chi connectivity index (χ3n) is 6.23. The van der Waals surface area contributed by atoms with Crippen LogP contribution >= 0.6 is 0 Å². The van der Waals surface area contributed by atoms with Gasteiger partial charge in [0.15, 0.2) is 5.76 Å². The molecule has 0 radical (unpaired) electrons. The van der Waals surface area contributed by atoms with Crippen LogP contribution in [0.1, 0.15) is 54.6 Å². The molecule has 208 valence electrons. The van der Waals surface area contributed by atoms with Crippen molar-refractivity contribution in [2.75, 3.05) is 20.1 Å². The zero-order valence-electron chi connectivity index (χ0n) is 22.1. The summed E-state index contributed by atoms with van der Waals surface area (Å²) in [7, 11) is 1.55. The van der Waals surface area contributed by atoms with Crippen molar-refractivity contribution in [3.63, 3.8) is 0 Å². The molecule has 2 aromatic carbocycles. The van der Waals surface area contributed by atoms with E-state index < -0.39 is 24.0 Å². The second kappa shape index (κ2) is 15.2. The molecule has 0 aliphatic rings. The molecule has 0 saturated heterocycles. The Hall–Kier alpha value is -4.34. The molecule has 3 rings (SSSR count). The smallest absolute Gasteiger partial charge is 0.407 e. The number of amides is 3. The number of hydrogen-bond donors (Lipinski definition) is 3. The number of carbonyl (C=O) groups excluding carboxylic acids is 3. The minimum Gasteiger partial charge on any atom is -0.481 e. The van der Waals surface area contributed by atoms with Crippen LogP contribution in [0, 0.1) is 0 Å². The van der Waals surface area contributed by atoms with Crippen molar-refractivity contribution >= 4 is 34.8 Å². The number of ether oxygens (including phenoxy) is 1. The lowest BCUT2D eigenvalue weighted by Gasteiger charge is -2.27. The third kappa shape index (κ3) is 9.48. The monoisotopic (exact) mass is 537 g/mol. The van der Waals surface area contributed by atoms with Crippen molar-refractivity contribution in [2.24, 2.45) is 0 Å². The Kier molecular flexibility index (Phi) is 11.4. The fraction of sp³-hybridized carbons (Fsp3) is 0.379. The molecule has 3 aromatic rings. The maximum absolute atomic E-state index is 13.2. The Balaban J connectivity index is 1.54. The number of carbonyl (C=O) groups is 4. The molecular formula is C29H35N3O7. The summed E-state index contributed by atoms with van der Waals surface area (Å²) in [5.41, 5.74) is 1.45. The SMILES string of the molecule is CN(C(=O)c1cc2ccccc2o1)[C@@H](CCCNC(=O)OCc1ccccc1)C(=O)NCCCCCC(=O)O. The van der Waals surface area contributed by atoms with Crippen molar-refractivity contribution in [2.45, 2.75) is 51.2 Å². The number of hydrogen-bond acceptors (Lipinski definition) is 6. The highest BCUT2D eigenvalue weighted by Crippen LogP contribution is 2.21. The van der Waals surface area contributed by atoms with E-state index in [9.17, 15) is 19.2 Å². The highest BCUT2D eigenvalue weighted by molar-refractivity contribution is 5.98. The number of likely N-dealkylation sites (N-methyl/N-ethyl adjacent to an activating group) is 1. The summed E-state index contributed by atoms with van der Waals surface area (Å²) < 4.78 is 10.9. The lowest BCUT2D eigenvalue weighted by atomic mass is 10.1. The molecule has 1 heterocycles. The number of unbranched alkanes of at least 4 members (excludes halogenated alkanes) is 2. The molecule has 39 heavy (non-hydrogen) atoms. The molecule has 0 fully saturated rings. The molecule has 3 N–H and O–H groups in total. The summed E-state index contributed by atoms with van der Waals surface area (Å²) in [6.07, 6.45) is 2.08. The van der Waals surface area contributed by atoms with Gasteiger partial charge in [0.1, 0.15) is 18.2 Å². The van der Waals surface area contributed by atoms with E-state index in [1.54, 1.807) is 19.2 Å². The first-order valence-corrected chi connectivity index (χ1v) is 13.0. The number of carboxylic acid groups (broad SMARTS) is 1. The number of alkyl carbamates (subject to hydrolysis) is 1. The number of nitrogens with zero attached hydrogens (tertiary/aromatic N) is 1. The van der Waals surface area contributed by atoms with Crippen molar-refractivity contribution in [3.05, 3.63) is 72.0 Å². The number of aliphatic carboxylic acids is 1. The number of carboxylic acids is 1. The van der Waals surface area contributed by atoms with Crippen LogP contribution in [0.3, 0.4) is 0 Å². The molecule has 0 unspecified atom stereocenters. The lowest BCUT2D eigenvalue weighted by molar-refractivity contribution is -0.137. The lowest BCUT2D eigenvalue weighted by Crippen LogP contribution is -2.48. The molecule has 3 amide bonds. The van der Waals surface area contributed by atoms with Crippen LogP contribution in [0.15, 0.2) is 65.1 Å². The molecular weight excluding hydrogens is 502 g/mol. The summed E-state index contributed by atoms with van der Waals surface area (Å²) in [6.45, 7) is 0.782. The van der Waals surface area contributed by atoms with Gasteiger partial charge < -0.3 is 29.8 Å². The third-order valence-corrected chi connectivity index (χ3v) is 6.23. The highest BCUT2D eigenvalue weighted by atomic mass is 16.5. The first-order valence-electron chi connectivity index (χ1n) is 13.0. The van der Waals surface area contributed by atoms with E-state index in [2.05, 4.69) is 10.6 Å². The van der Waals surface area contributed by atoms with Crippen LogP contribution in [0.25, 0.3) is 11.0 Å². The van der Waals surface area contributed by atoms with Crippen molar-refractivity contribution < 1.29 is 33.4 Å². The second-order valence-corrected chi connectivity index (χ2v) is 9.21. The molecule has 0 aliphatic heterocycles. The normalized spacial score (nSPS) is 11.5. The fourth-order valence-corrected chi connectivity index (χ4v) is 4.07. The van der Waals surface area contributed by atoms with Gasteiger partial charge in [-0.25, -0.2) is 4.79 Å². The van der Waals surface area contributed by atoms with E-state index in [1.807, 2.05) is 48.5 Å². The molecule has 1 aromatic heterocycles. The predicted octanol–water partition coefficient (Wildman–Crippen LogP) is 4.34. The van der Waals surface area contributed by atoms with Gasteiger partial charge in [-0.2, -0.15) is 0 Å². The van der Waals surface area contributed by atoms with Crippen LogP contribution in [-0.2, 0) is 20.9 Å². The van der Waals surface area contributed by atoms with Crippen LogP contribution in [0.5, 0.6) is 0 Å². The molecule has 0 bridgehead atoms. The van der Waals surface area contributed by atoms with Crippen LogP contribution in [-0.4, -0.2) is 60.1 Å². The van der Waals surface area contributed by atoms with Gasteiger partial charge in [-0.05, 0) is 43.4 Å². The van der Waals surface area contributed by atoms with Gasteiger partial charge in [0, 0.05) is 31.9 Å². The van der Waals surface area contributed by atoms with E-state index in [0.29, 0.717) is 44.2 Å². The number of nitrogens with one attached hydrogen (secondary N) is 2. The number of fused-ring (bicyclic) bond motifs is 1. The Labute approximate surface area is 227 Å². The molecule has 10 nitrogen and oxygen atoms in total. The van der Waals surface area contributed by atoms with Gasteiger partial charge in [-0.1, -0.05) is 55.0 Å². The molecule has 1 atom stereocenters. The van der Waals surface area contributed by atoms with E-state index in [0.717, 1.165) is 10.9 Å². The average molecular weight is 538 g/mol. The molecule has 0 saturated carbocycles. The van der Waals surface area contributed by atoms with Crippen LogP contribution in [0.2, 0.25) is 0 Å². The zero-order chi connectivity index (χ0) is 28.0. The Morgan fingerprint density at radius 2 is 1.64 bits per heavy atom. The fourth-order valence-electron chi connectivity index (χ4n) is 4.07. The van der Waals surface area contributed by atoms with Crippen LogP contribution in [0.4, 0.5) is 4.79 Å². The van der Waals surface area contributed by atoms with Gasteiger partial charge in [0.2, 0.25) is 5.91 Å². The Morgan fingerprint density at radius 1 is 0.923 bits per heavy atom. The minimum atomic E-state index is -0.845. The number of rotatable bonds is 15. The van der Waals surface area contributed by atoms with E-state index >= 15 is 0 Å². The summed E-state index contributed by atoms with van der Waals surface area (Å²) in [6, 6.07) is 17.4. The van der Waals surface area contributed by atoms with Gasteiger partial charge in [0.25, 0.3) is 5.91 Å². The summed E-state index contributed by atoms with van der Waals surface area (Å²) in [5.74, 6) is -1.47. The Bertz CT molecular complexity index is 1210. The minimum absolute atomic E-state index is 0.0894. The van der Waals surface area contributed by atoms with Gasteiger partial charge >= 0.3 is 12.1 Å². The highest BCUT2D eigenvalue weighted by Gasteiger charge is 2.29. The van der Waals surface area contributed by atoms with E-state index in [-0.39, 0.29) is 31.2 Å². The summed E-state index contributed by atoms with van der Waals surface area (Å²) >= 11 is 0. The largest absolute Gasteiger partial charge is 0.481 e. The first kappa shape index (κ1) is 29.2. The van der Waals surface area contributed by atoms with E-state index in [4.69, 9.17) is 14.3 Å². The maximum Gasteiger partial charge on any atom is 0.407 e. The predicted molar refractivity (Wildman–Crippen MR) is 145 cm³/mol. The van der Waals surface area contributed by atoms with Crippen molar-refractivity contribution in [3.8, 4) is 0 Å². The van der Waals surface area contributed by atoms with Crippen LogP contribution < -0.4 is 10.6 Å². The maximum atomic E-state index is 13.2. The quantitative estimate of drug-likeness (QED) is 0.245. The average Bonchev–Trinajstić information content (AvgIpc) is 3.38. The van der Waals surface area contributed by atoms with E-state index in [1.165, 1.54) is 4.90 Å². The Morgan fingerprint density at radius 3 is 2.38 bits per heavy atom. The molecule has 0 spiro atoms. The number of para-hydroxylation sites is 1. The zero-order valence-corrected chi connectivity index (χ0v) is 22.1. The van der Waals surface area contributed by atoms with Crippen molar-refractivity contribution in [1.82, 2.24) is 15.5 Å². The molecule has 0 aliphatic carbocycles. The number of furan rings is 1. The molecule has 10 heteroatoms. The second-order valence-electron chi connectivity index (χ2n) is 9.21. The van der Waals surface area contributed by atoms with Gasteiger partial charge in [-0.3, -0.25) is 14.4 Å². The van der Waals surface area contributed by atoms with Crippen molar-refractivity contribution in [1.29, 1.82) is 0 Å². The summed E-state index contributed by atoms with van der Waals surface area (Å²) in [5, 5.41) is 15.1.